The second-order valence-electron chi connectivity index (χ2n) is 6.37. The van der Waals surface area contributed by atoms with Gasteiger partial charge in [-0.15, -0.1) is 0 Å². The van der Waals surface area contributed by atoms with E-state index in [0.29, 0.717) is 17.8 Å². The van der Waals surface area contributed by atoms with Crippen molar-refractivity contribution < 1.29 is 19.5 Å². The molecular weight excluding hydrogens is 348 g/mol. The lowest BCUT2D eigenvalue weighted by Crippen LogP contribution is -2.42. The Kier molecular flexibility index (Phi) is 9.18. The number of carboxylic acid groups (broad SMARTS) is 1. The normalized spacial score (nSPS) is 12.6. The Bertz CT molecular complexity index is 683. The monoisotopic (exact) mass is 376 g/mol. The van der Waals surface area contributed by atoms with E-state index in [0.717, 1.165) is 5.56 Å². The molecule has 0 aliphatic heterocycles. The van der Waals surface area contributed by atoms with Crippen molar-refractivity contribution in [1.29, 1.82) is 0 Å². The molecule has 0 aliphatic carbocycles. The number of carboxylic acids is 1. The van der Waals surface area contributed by atoms with E-state index < -0.39 is 18.4 Å². The van der Waals surface area contributed by atoms with Gasteiger partial charge in [-0.25, -0.2) is 0 Å². The van der Waals surface area contributed by atoms with Crippen LogP contribution < -0.4 is 21.7 Å². The van der Waals surface area contributed by atoms with Crippen LogP contribution in [0.4, 0.5) is 5.69 Å². The molecule has 27 heavy (non-hydrogen) atoms. The highest BCUT2D eigenvalue weighted by molar-refractivity contribution is 5.96. The van der Waals surface area contributed by atoms with E-state index in [4.69, 9.17) is 10.8 Å². The zero-order chi connectivity index (χ0) is 20.4. The molecule has 0 bridgehead atoms. The lowest BCUT2D eigenvalue weighted by Gasteiger charge is -2.25. The average molecular weight is 376 g/mol. The first-order valence-electron chi connectivity index (χ1n) is 8.76. The molecule has 1 aromatic rings. The van der Waals surface area contributed by atoms with Crippen LogP contribution in [0, 0.1) is 5.92 Å². The van der Waals surface area contributed by atoms with Crippen LogP contribution in [0.25, 0.3) is 0 Å². The van der Waals surface area contributed by atoms with E-state index in [-0.39, 0.29) is 24.4 Å². The number of nitrogens with two attached hydrogens (primary N) is 1. The molecule has 8 nitrogen and oxygen atoms in total. The van der Waals surface area contributed by atoms with E-state index in [1.165, 1.54) is 0 Å². The van der Waals surface area contributed by atoms with Crippen LogP contribution in [0.5, 0.6) is 0 Å². The predicted molar refractivity (Wildman–Crippen MR) is 104 cm³/mol. The summed E-state index contributed by atoms with van der Waals surface area (Å²) in [6.45, 7) is 5.74. The van der Waals surface area contributed by atoms with Gasteiger partial charge < -0.3 is 26.8 Å². The highest BCUT2D eigenvalue weighted by atomic mass is 16.4. The molecule has 0 unspecified atom stereocenters. The van der Waals surface area contributed by atoms with Gasteiger partial charge in [0, 0.05) is 23.8 Å². The first-order chi connectivity index (χ1) is 12.8. The van der Waals surface area contributed by atoms with Gasteiger partial charge in [0.05, 0.1) is 6.54 Å². The number of carbonyl (C=O) groups excluding carboxylic acids is 2. The summed E-state index contributed by atoms with van der Waals surface area (Å²) in [5, 5.41) is 17.1. The van der Waals surface area contributed by atoms with Crippen molar-refractivity contribution in [2.75, 3.05) is 18.4 Å². The summed E-state index contributed by atoms with van der Waals surface area (Å²) in [4.78, 5) is 34.2. The maximum absolute atomic E-state index is 12.3. The number of anilines is 1. The van der Waals surface area contributed by atoms with Crippen LogP contribution in [-0.2, 0) is 20.9 Å². The molecule has 0 radical (unpaired) electrons. The third kappa shape index (κ3) is 7.59. The van der Waals surface area contributed by atoms with Crippen LogP contribution in [0.1, 0.15) is 26.3 Å². The molecule has 0 aliphatic rings. The minimum atomic E-state index is -1.09. The molecule has 1 aromatic carbocycles. The number of benzene rings is 1. The fourth-order valence-corrected chi connectivity index (χ4v) is 2.56. The number of amides is 2. The van der Waals surface area contributed by atoms with Crippen LogP contribution >= 0.6 is 0 Å². The molecule has 8 heteroatoms. The summed E-state index contributed by atoms with van der Waals surface area (Å²) in [5.74, 6) is -1.62. The summed E-state index contributed by atoms with van der Waals surface area (Å²) in [6.07, 6.45) is 1.69. The third-order valence-corrected chi connectivity index (χ3v) is 3.92. The fraction of sp³-hybridized carbons (Fsp3) is 0.421. The van der Waals surface area contributed by atoms with Crippen LogP contribution in [0.3, 0.4) is 0 Å². The molecule has 2 amide bonds. The summed E-state index contributed by atoms with van der Waals surface area (Å²) in [5.41, 5.74) is 7.41. The van der Waals surface area contributed by atoms with Crippen molar-refractivity contribution in [3.63, 3.8) is 0 Å². The first-order valence-corrected chi connectivity index (χ1v) is 8.76. The molecule has 148 valence electrons. The largest absolute Gasteiger partial charge is 0.480 e. The van der Waals surface area contributed by atoms with Gasteiger partial charge in [0.15, 0.2) is 0 Å². The zero-order valence-corrected chi connectivity index (χ0v) is 15.9. The van der Waals surface area contributed by atoms with Crippen molar-refractivity contribution in [2.24, 2.45) is 11.7 Å². The standard InChI is InChI=1S/C19H28N4O4/c1-4-15(19(27)22-11-17(25)26)18(12(2)3)21-10-13-5-7-14(8-6-13)23-16(24)9-20/h4-8,12,18,21H,9-11,20H2,1-3H3,(H,22,27)(H,23,24)(H,25,26)/b15-4-/t18-/m1/s1. The van der Waals surface area contributed by atoms with E-state index >= 15 is 0 Å². The Hall–Kier alpha value is -2.71. The number of nitrogens with one attached hydrogen (secondary N) is 3. The number of aliphatic carboxylic acids is 1. The van der Waals surface area contributed by atoms with Gasteiger partial charge in [0.1, 0.15) is 6.54 Å². The summed E-state index contributed by atoms with van der Waals surface area (Å²) in [7, 11) is 0. The Morgan fingerprint density at radius 3 is 2.30 bits per heavy atom. The fourth-order valence-electron chi connectivity index (χ4n) is 2.56. The SMILES string of the molecule is C/C=C(\C(=O)NCC(=O)O)[C@H](NCc1ccc(NC(=O)CN)cc1)C(C)C. The molecule has 6 N–H and O–H groups in total. The number of carbonyl (C=O) groups is 3. The van der Waals surface area contributed by atoms with Gasteiger partial charge in [0.25, 0.3) is 0 Å². The lowest BCUT2D eigenvalue weighted by atomic mass is 9.94. The van der Waals surface area contributed by atoms with Crippen molar-refractivity contribution >= 4 is 23.5 Å². The second-order valence-corrected chi connectivity index (χ2v) is 6.37. The number of allylic oxidation sites excluding steroid dienone is 1. The maximum Gasteiger partial charge on any atom is 0.322 e. The zero-order valence-electron chi connectivity index (χ0n) is 15.9. The third-order valence-electron chi connectivity index (χ3n) is 3.92. The second kappa shape index (κ2) is 11.1. The van der Waals surface area contributed by atoms with Crippen molar-refractivity contribution in [3.8, 4) is 0 Å². The Labute approximate surface area is 159 Å². The minimum Gasteiger partial charge on any atom is -0.480 e. The van der Waals surface area contributed by atoms with Crippen LogP contribution in [0.15, 0.2) is 35.9 Å². The van der Waals surface area contributed by atoms with E-state index in [1.54, 1.807) is 25.1 Å². The van der Waals surface area contributed by atoms with Crippen molar-refractivity contribution in [1.82, 2.24) is 10.6 Å². The number of rotatable bonds is 10. The Balaban J connectivity index is 2.75. The van der Waals surface area contributed by atoms with E-state index in [9.17, 15) is 14.4 Å². The smallest absolute Gasteiger partial charge is 0.322 e. The summed E-state index contributed by atoms with van der Waals surface area (Å²) in [6, 6.07) is 7.07. The number of hydrogen-bond acceptors (Lipinski definition) is 5. The predicted octanol–water partition coefficient (Wildman–Crippen LogP) is 0.845. The quantitative estimate of drug-likeness (QED) is 0.384. The molecule has 1 rings (SSSR count). The van der Waals surface area contributed by atoms with E-state index in [2.05, 4.69) is 16.0 Å². The molecule has 0 aromatic heterocycles. The van der Waals surface area contributed by atoms with Gasteiger partial charge in [-0.3, -0.25) is 14.4 Å². The van der Waals surface area contributed by atoms with Gasteiger partial charge in [-0.1, -0.05) is 32.1 Å². The van der Waals surface area contributed by atoms with Crippen LogP contribution in [-0.4, -0.2) is 42.0 Å². The molecule has 1 atom stereocenters. The molecular formula is C19H28N4O4. The first kappa shape index (κ1) is 22.3. The summed E-state index contributed by atoms with van der Waals surface area (Å²) >= 11 is 0. The average Bonchev–Trinajstić information content (AvgIpc) is 2.63. The van der Waals surface area contributed by atoms with Gasteiger partial charge in [-0.05, 0) is 30.5 Å². The number of hydrogen-bond donors (Lipinski definition) is 5. The van der Waals surface area contributed by atoms with Crippen LogP contribution in [0.2, 0.25) is 0 Å². The molecule has 0 spiro atoms. The maximum atomic E-state index is 12.3. The van der Waals surface area contributed by atoms with Crippen molar-refractivity contribution in [2.45, 2.75) is 33.4 Å². The minimum absolute atomic E-state index is 0.0740. The molecule has 0 fully saturated rings. The summed E-state index contributed by atoms with van der Waals surface area (Å²) < 4.78 is 0. The van der Waals surface area contributed by atoms with Gasteiger partial charge >= 0.3 is 5.97 Å². The Morgan fingerprint density at radius 1 is 1.19 bits per heavy atom. The van der Waals surface area contributed by atoms with Gasteiger partial charge in [-0.2, -0.15) is 0 Å². The molecule has 0 heterocycles. The lowest BCUT2D eigenvalue weighted by molar-refractivity contribution is -0.137. The molecule has 0 saturated carbocycles. The highest BCUT2D eigenvalue weighted by Gasteiger charge is 2.23. The molecule has 0 saturated heterocycles. The van der Waals surface area contributed by atoms with Gasteiger partial charge in [0.2, 0.25) is 11.8 Å². The van der Waals surface area contributed by atoms with Crippen molar-refractivity contribution in [3.05, 3.63) is 41.5 Å². The Morgan fingerprint density at radius 2 is 1.81 bits per heavy atom. The topological polar surface area (TPSA) is 134 Å². The van der Waals surface area contributed by atoms with E-state index in [1.807, 2.05) is 26.0 Å². The highest BCUT2D eigenvalue weighted by Crippen LogP contribution is 2.15.